The molecule has 2 aromatic heterocycles. The molecule has 0 saturated heterocycles. The van der Waals surface area contributed by atoms with E-state index in [1.165, 1.54) is 7.11 Å². The van der Waals surface area contributed by atoms with Crippen molar-refractivity contribution in [3.8, 4) is 0 Å². The number of H-pyrrole nitrogens is 1. The van der Waals surface area contributed by atoms with Crippen molar-refractivity contribution in [2.75, 3.05) is 12.4 Å². The first-order valence-corrected chi connectivity index (χ1v) is 8.18. The van der Waals surface area contributed by atoms with Crippen molar-refractivity contribution >= 4 is 34.5 Å². The minimum Gasteiger partial charge on any atom is -0.465 e. The normalized spacial score (nSPS) is 15.3. The van der Waals surface area contributed by atoms with E-state index >= 15 is 0 Å². The first kappa shape index (κ1) is 16.6. The monoisotopic (exact) mass is 361 g/mol. The van der Waals surface area contributed by atoms with Gasteiger partial charge in [0.15, 0.2) is 11.3 Å². The Bertz CT molecular complexity index is 1100. The predicted octanol–water partition coefficient (Wildman–Crippen LogP) is 3.00. The number of carbonyl (C=O) groups is 2. The molecule has 134 valence electrons. The second kappa shape index (κ2) is 6.80. The second-order valence-corrected chi connectivity index (χ2v) is 5.77. The molecular weight excluding hydrogens is 346 g/mol. The quantitative estimate of drug-likeness (QED) is 0.422. The van der Waals surface area contributed by atoms with Gasteiger partial charge in [-0.2, -0.15) is 0 Å². The summed E-state index contributed by atoms with van der Waals surface area (Å²) in [5, 5.41) is 3.80. The number of anilines is 1. The van der Waals surface area contributed by atoms with Crippen LogP contribution in [0.2, 0.25) is 0 Å². The zero-order valence-corrected chi connectivity index (χ0v) is 14.4. The summed E-state index contributed by atoms with van der Waals surface area (Å²) >= 11 is 0. The zero-order valence-electron chi connectivity index (χ0n) is 14.4. The molecule has 27 heavy (non-hydrogen) atoms. The molecule has 1 aliphatic heterocycles. The number of hydrogen-bond acceptors (Lipinski definition) is 6. The lowest BCUT2D eigenvalue weighted by Gasteiger charge is -2.08. The fourth-order valence-corrected chi connectivity index (χ4v) is 2.79. The summed E-state index contributed by atoms with van der Waals surface area (Å²) in [5.41, 5.74) is 1.93. The van der Waals surface area contributed by atoms with Crippen molar-refractivity contribution in [2.45, 2.75) is 0 Å². The van der Waals surface area contributed by atoms with Gasteiger partial charge in [0.25, 0.3) is 0 Å². The van der Waals surface area contributed by atoms with E-state index < -0.39 is 11.8 Å². The Balaban J connectivity index is 1.71. The van der Waals surface area contributed by atoms with Crippen molar-refractivity contribution < 1.29 is 19.1 Å². The van der Waals surface area contributed by atoms with Gasteiger partial charge in [-0.3, -0.25) is 4.79 Å². The highest BCUT2D eigenvalue weighted by atomic mass is 16.5. The Morgan fingerprint density at radius 2 is 2.04 bits per heavy atom. The van der Waals surface area contributed by atoms with E-state index in [0.717, 1.165) is 10.9 Å². The maximum absolute atomic E-state index is 12.8. The number of allylic oxidation sites excluding steroid dienone is 1. The van der Waals surface area contributed by atoms with Crippen LogP contribution in [-0.4, -0.2) is 28.8 Å². The lowest BCUT2D eigenvalue weighted by Crippen LogP contribution is -2.14. The average molecular weight is 361 g/mol. The van der Waals surface area contributed by atoms with Gasteiger partial charge >= 0.3 is 5.97 Å². The maximum atomic E-state index is 12.8. The topological polar surface area (TPSA) is 93.3 Å². The molecule has 0 spiro atoms. The van der Waals surface area contributed by atoms with Crippen LogP contribution in [-0.2, 0) is 19.1 Å². The highest BCUT2D eigenvalue weighted by molar-refractivity contribution is 6.26. The molecule has 7 nitrogen and oxygen atoms in total. The number of Topliss-reactive ketones (excluding diaryl/α,β-unsaturated/α-hetero) is 1. The smallest absolute Gasteiger partial charge is 0.347 e. The molecule has 7 heteroatoms. The van der Waals surface area contributed by atoms with E-state index in [1.54, 1.807) is 36.7 Å². The third-order valence-corrected chi connectivity index (χ3v) is 4.08. The third kappa shape index (κ3) is 3.06. The summed E-state index contributed by atoms with van der Waals surface area (Å²) < 4.78 is 10.4. The number of aromatic nitrogens is 2. The minimum absolute atomic E-state index is 0.0265. The number of rotatable bonds is 4. The van der Waals surface area contributed by atoms with Crippen LogP contribution < -0.4 is 5.32 Å². The number of ether oxygens (including phenoxy) is 2. The maximum Gasteiger partial charge on any atom is 0.347 e. The summed E-state index contributed by atoms with van der Waals surface area (Å²) in [7, 11) is 1.22. The van der Waals surface area contributed by atoms with Crippen LogP contribution in [0.25, 0.3) is 17.1 Å². The van der Waals surface area contributed by atoms with E-state index in [-0.39, 0.29) is 17.2 Å². The molecule has 0 atom stereocenters. The fourth-order valence-electron chi connectivity index (χ4n) is 2.79. The van der Waals surface area contributed by atoms with E-state index in [4.69, 9.17) is 9.47 Å². The van der Waals surface area contributed by atoms with Gasteiger partial charge in [0, 0.05) is 29.0 Å². The molecule has 0 fully saturated rings. The van der Waals surface area contributed by atoms with Crippen molar-refractivity contribution in [3.63, 3.8) is 0 Å². The summed E-state index contributed by atoms with van der Waals surface area (Å²) in [5.74, 6) is -1.23. The highest BCUT2D eigenvalue weighted by Gasteiger charge is 2.36. The number of esters is 1. The highest BCUT2D eigenvalue weighted by Crippen LogP contribution is 2.30. The lowest BCUT2D eigenvalue weighted by atomic mass is 10.1. The number of hydrogen-bond donors (Lipinski definition) is 2. The molecule has 3 aromatic rings. The molecule has 0 unspecified atom stereocenters. The second-order valence-electron chi connectivity index (χ2n) is 5.77. The molecule has 2 N–H and O–H groups in total. The van der Waals surface area contributed by atoms with Crippen LogP contribution in [0.4, 0.5) is 5.69 Å². The third-order valence-electron chi connectivity index (χ3n) is 4.08. The van der Waals surface area contributed by atoms with Crippen LogP contribution in [0.5, 0.6) is 0 Å². The summed E-state index contributed by atoms with van der Waals surface area (Å²) in [4.78, 5) is 32.1. The molecule has 0 radical (unpaired) electrons. The van der Waals surface area contributed by atoms with Crippen molar-refractivity contribution in [2.24, 2.45) is 0 Å². The standard InChI is InChI=1S/C20H15N3O4/c1-26-20(25)16-17(24)15(27-19(16)23-13-6-3-2-4-7-13)10-12-11-22-18-14(12)8-5-9-21-18/h2-11,23H,1H3,(H,21,22)/b15-10-. The molecule has 0 amide bonds. The lowest BCUT2D eigenvalue weighted by molar-refractivity contribution is -0.137. The van der Waals surface area contributed by atoms with Gasteiger partial charge < -0.3 is 19.8 Å². The first-order valence-electron chi connectivity index (χ1n) is 8.18. The van der Waals surface area contributed by atoms with E-state index in [1.807, 2.05) is 24.3 Å². The Hall–Kier alpha value is -3.87. The minimum atomic E-state index is -0.762. The van der Waals surface area contributed by atoms with E-state index in [2.05, 4.69) is 15.3 Å². The predicted molar refractivity (Wildman–Crippen MR) is 99.3 cm³/mol. The Morgan fingerprint density at radius 3 is 2.81 bits per heavy atom. The number of fused-ring (bicyclic) bond motifs is 1. The van der Waals surface area contributed by atoms with Crippen LogP contribution in [0, 0.1) is 0 Å². The Kier molecular flexibility index (Phi) is 4.18. The molecule has 4 rings (SSSR count). The van der Waals surface area contributed by atoms with Crippen LogP contribution in [0.15, 0.2) is 72.1 Å². The summed E-state index contributed by atoms with van der Waals surface area (Å²) in [6.45, 7) is 0. The van der Waals surface area contributed by atoms with E-state index in [0.29, 0.717) is 11.3 Å². The molecule has 3 heterocycles. The number of aromatic amines is 1. The van der Waals surface area contributed by atoms with Gasteiger partial charge in [0.2, 0.25) is 11.7 Å². The number of para-hydroxylation sites is 1. The molecule has 1 aromatic carbocycles. The SMILES string of the molecule is COC(=O)C1=C(Nc2ccccc2)O/C(=C\c2c[nH]c3ncccc23)C1=O. The van der Waals surface area contributed by atoms with Crippen LogP contribution >= 0.6 is 0 Å². The number of methoxy groups -OCH3 is 1. The van der Waals surface area contributed by atoms with Crippen molar-refractivity contribution in [1.82, 2.24) is 9.97 Å². The largest absolute Gasteiger partial charge is 0.465 e. The Morgan fingerprint density at radius 1 is 1.22 bits per heavy atom. The fraction of sp³-hybridized carbons (Fsp3) is 0.0500. The number of carbonyl (C=O) groups excluding carboxylic acids is 2. The first-order chi connectivity index (χ1) is 13.2. The van der Waals surface area contributed by atoms with Gasteiger partial charge in [0.1, 0.15) is 5.65 Å². The van der Waals surface area contributed by atoms with Crippen LogP contribution in [0.1, 0.15) is 5.56 Å². The summed E-state index contributed by atoms with van der Waals surface area (Å²) in [6.07, 6.45) is 4.97. The molecule has 1 aliphatic rings. The van der Waals surface area contributed by atoms with E-state index in [9.17, 15) is 9.59 Å². The van der Waals surface area contributed by atoms with Gasteiger partial charge in [0.05, 0.1) is 7.11 Å². The average Bonchev–Trinajstić information content (AvgIpc) is 3.24. The zero-order chi connectivity index (χ0) is 18.8. The van der Waals surface area contributed by atoms with Gasteiger partial charge in [-0.1, -0.05) is 18.2 Å². The molecule has 0 aliphatic carbocycles. The number of ketones is 1. The molecule has 0 saturated carbocycles. The van der Waals surface area contributed by atoms with Crippen molar-refractivity contribution in [3.05, 3.63) is 77.6 Å². The van der Waals surface area contributed by atoms with Crippen molar-refractivity contribution in [1.29, 1.82) is 0 Å². The number of nitrogens with zero attached hydrogens (tertiary/aromatic N) is 1. The van der Waals surface area contributed by atoms with Gasteiger partial charge in [-0.15, -0.1) is 0 Å². The number of benzene rings is 1. The Labute approximate surface area is 154 Å². The van der Waals surface area contributed by atoms with Gasteiger partial charge in [-0.25, -0.2) is 9.78 Å². The van der Waals surface area contributed by atoms with Gasteiger partial charge in [-0.05, 0) is 30.3 Å². The number of nitrogens with one attached hydrogen (secondary N) is 2. The molecule has 0 bridgehead atoms. The van der Waals surface area contributed by atoms with Crippen LogP contribution in [0.3, 0.4) is 0 Å². The number of pyridine rings is 1. The molecular formula is C20H15N3O4. The summed E-state index contributed by atoms with van der Waals surface area (Å²) in [6, 6.07) is 12.8.